The Bertz CT molecular complexity index is 1170. The van der Waals surface area contributed by atoms with E-state index in [0.717, 1.165) is 41.6 Å². The monoisotopic (exact) mass is 481 g/mol. The smallest absolute Gasteiger partial charge is 0.196 e. The number of aromatic nitrogens is 4. The summed E-state index contributed by atoms with van der Waals surface area (Å²) in [5.41, 5.74) is 3.82. The van der Waals surface area contributed by atoms with Gasteiger partial charge in [-0.1, -0.05) is 18.2 Å². The van der Waals surface area contributed by atoms with E-state index in [1.54, 1.807) is 12.1 Å². The molecule has 1 aliphatic carbocycles. The fourth-order valence-electron chi connectivity index (χ4n) is 5.11. The number of nitrogens with zero attached hydrogens (tertiary/aromatic N) is 5. The van der Waals surface area contributed by atoms with Crippen LogP contribution in [0.1, 0.15) is 78.7 Å². The average Bonchev–Trinajstić information content (AvgIpc) is 3.51. The first kappa shape index (κ1) is 23.3. The molecule has 0 amide bonds. The molecular weight excluding hydrogens is 449 g/mol. The maximum Gasteiger partial charge on any atom is 0.196 e. The first-order chi connectivity index (χ1) is 16.4. The molecule has 1 atom stereocenters. The Morgan fingerprint density at radius 3 is 2.50 bits per heavy atom. The van der Waals surface area contributed by atoms with Gasteiger partial charge in [-0.25, -0.2) is 4.39 Å². The van der Waals surface area contributed by atoms with Crippen LogP contribution in [0.4, 0.5) is 4.39 Å². The van der Waals surface area contributed by atoms with Crippen LogP contribution >= 0.6 is 11.8 Å². The van der Waals surface area contributed by atoms with Gasteiger partial charge in [0.1, 0.15) is 5.82 Å². The summed E-state index contributed by atoms with van der Waals surface area (Å²) < 4.78 is 17.9. The third kappa shape index (κ3) is 4.58. The lowest BCUT2D eigenvalue weighted by Gasteiger charge is -2.31. The van der Waals surface area contributed by atoms with Crippen molar-refractivity contribution in [3.05, 3.63) is 58.9 Å². The number of hydrogen-bond donors (Lipinski definition) is 0. The number of hydrogen-bond acceptors (Lipinski definition) is 5. The summed E-state index contributed by atoms with van der Waals surface area (Å²) >= 11 is 1.40. The van der Waals surface area contributed by atoms with Gasteiger partial charge in [-0.05, 0) is 89.9 Å². The minimum absolute atomic E-state index is 0.0837. The third-order valence-electron chi connectivity index (χ3n) is 7.08. The molecule has 1 unspecified atom stereocenters. The zero-order valence-electron chi connectivity index (χ0n) is 20.1. The van der Waals surface area contributed by atoms with Crippen LogP contribution in [0.15, 0.2) is 35.5 Å². The first-order valence-corrected chi connectivity index (χ1v) is 13.2. The molecule has 1 saturated carbocycles. The van der Waals surface area contributed by atoms with Gasteiger partial charge in [0.25, 0.3) is 0 Å². The molecule has 1 aliphatic heterocycles. The van der Waals surface area contributed by atoms with E-state index in [0.29, 0.717) is 11.2 Å². The van der Waals surface area contributed by atoms with Gasteiger partial charge in [-0.15, -0.1) is 10.2 Å². The molecule has 1 saturated heterocycles. The molecule has 0 N–H and O–H groups in total. The number of thioether (sulfide) groups is 1. The van der Waals surface area contributed by atoms with E-state index in [-0.39, 0.29) is 23.4 Å². The van der Waals surface area contributed by atoms with Gasteiger partial charge in [-0.3, -0.25) is 14.3 Å². The molecule has 5 rings (SSSR count). The molecular formula is C26H32FN5OS. The highest BCUT2D eigenvalue weighted by Gasteiger charge is 2.29. The number of piperidine rings is 1. The molecule has 3 aromatic rings. The summed E-state index contributed by atoms with van der Waals surface area (Å²) in [6, 6.07) is 9.06. The maximum atomic E-state index is 13.7. The Balaban J connectivity index is 1.41. The maximum absolute atomic E-state index is 13.7. The van der Waals surface area contributed by atoms with Gasteiger partial charge >= 0.3 is 0 Å². The van der Waals surface area contributed by atoms with Gasteiger partial charge in [0.2, 0.25) is 0 Å². The van der Waals surface area contributed by atoms with E-state index in [1.165, 1.54) is 56.0 Å². The van der Waals surface area contributed by atoms with E-state index in [4.69, 9.17) is 0 Å². The number of rotatable bonds is 8. The van der Waals surface area contributed by atoms with E-state index in [9.17, 15) is 9.18 Å². The van der Waals surface area contributed by atoms with Crippen molar-refractivity contribution in [1.29, 1.82) is 0 Å². The molecule has 0 radical (unpaired) electrons. The van der Waals surface area contributed by atoms with Crippen molar-refractivity contribution in [1.82, 2.24) is 24.2 Å². The SMILES string of the molecule is Cc1cc(C(=O)CSc2nnc(C(C)N3CCCCC3)n2-c2ccc(F)cc2)c(C)n1C1CC1. The van der Waals surface area contributed by atoms with Gasteiger partial charge in [0.15, 0.2) is 16.8 Å². The lowest BCUT2D eigenvalue weighted by molar-refractivity contribution is 0.102. The molecule has 34 heavy (non-hydrogen) atoms. The van der Waals surface area contributed by atoms with Crippen molar-refractivity contribution in [3.8, 4) is 5.69 Å². The van der Waals surface area contributed by atoms with E-state index in [1.807, 2.05) is 17.6 Å². The molecule has 2 aliphatic rings. The zero-order valence-corrected chi connectivity index (χ0v) is 20.9. The van der Waals surface area contributed by atoms with Crippen molar-refractivity contribution < 1.29 is 9.18 Å². The van der Waals surface area contributed by atoms with Crippen molar-refractivity contribution in [2.24, 2.45) is 0 Å². The van der Waals surface area contributed by atoms with Gasteiger partial charge in [-0.2, -0.15) is 0 Å². The highest BCUT2D eigenvalue weighted by atomic mass is 32.2. The molecule has 3 heterocycles. The topological polar surface area (TPSA) is 56.0 Å². The molecule has 2 aromatic heterocycles. The lowest BCUT2D eigenvalue weighted by Crippen LogP contribution is -2.33. The summed E-state index contributed by atoms with van der Waals surface area (Å²) in [6.45, 7) is 8.35. The number of ketones is 1. The highest BCUT2D eigenvalue weighted by Crippen LogP contribution is 2.38. The molecule has 6 nitrogen and oxygen atoms in total. The van der Waals surface area contributed by atoms with Gasteiger partial charge in [0, 0.05) is 28.7 Å². The van der Waals surface area contributed by atoms with Crippen molar-refractivity contribution >= 4 is 17.5 Å². The van der Waals surface area contributed by atoms with E-state index < -0.39 is 0 Å². The number of likely N-dealkylation sites (tertiary alicyclic amines) is 1. The second-order valence-electron chi connectivity index (χ2n) is 9.52. The lowest BCUT2D eigenvalue weighted by atomic mass is 10.1. The molecule has 8 heteroatoms. The van der Waals surface area contributed by atoms with Crippen molar-refractivity contribution in [2.45, 2.75) is 70.1 Å². The van der Waals surface area contributed by atoms with Crippen molar-refractivity contribution in [2.75, 3.05) is 18.8 Å². The zero-order chi connectivity index (χ0) is 23.8. The van der Waals surface area contributed by atoms with Gasteiger partial charge < -0.3 is 4.57 Å². The number of halogens is 1. The molecule has 180 valence electrons. The fraction of sp³-hybridized carbons (Fsp3) is 0.500. The quantitative estimate of drug-likeness (QED) is 0.306. The van der Waals surface area contributed by atoms with Crippen LogP contribution in [0.5, 0.6) is 0 Å². The standard InChI is InChI=1S/C26H32FN5OS/c1-17-15-23(18(2)31(17)21-11-12-21)24(33)16-34-26-29-28-25(19(3)30-13-5-4-6-14-30)32(26)22-9-7-20(27)8-10-22/h7-10,15,19,21H,4-6,11-14,16H2,1-3H3. The predicted molar refractivity (Wildman–Crippen MR) is 132 cm³/mol. The summed E-state index contributed by atoms with van der Waals surface area (Å²) in [7, 11) is 0. The van der Waals surface area contributed by atoms with E-state index in [2.05, 4.69) is 33.5 Å². The van der Waals surface area contributed by atoms with E-state index >= 15 is 0 Å². The average molecular weight is 482 g/mol. The summed E-state index contributed by atoms with van der Waals surface area (Å²) in [5, 5.41) is 9.69. The molecule has 2 fully saturated rings. The number of benzene rings is 1. The molecule has 0 spiro atoms. The Hall–Kier alpha value is -2.45. The second kappa shape index (κ2) is 9.66. The summed E-state index contributed by atoms with van der Waals surface area (Å²) in [5.74, 6) is 0.935. The third-order valence-corrected chi connectivity index (χ3v) is 8.01. The summed E-state index contributed by atoms with van der Waals surface area (Å²) in [4.78, 5) is 15.6. The minimum Gasteiger partial charge on any atom is -0.345 e. The molecule has 1 aromatic carbocycles. The van der Waals surface area contributed by atoms with Crippen LogP contribution in [0, 0.1) is 19.7 Å². The van der Waals surface area contributed by atoms with Crippen LogP contribution in [-0.2, 0) is 0 Å². The van der Waals surface area contributed by atoms with Crippen LogP contribution in [0.25, 0.3) is 5.69 Å². The Morgan fingerprint density at radius 1 is 1.12 bits per heavy atom. The number of carbonyl (C=O) groups excluding carboxylic acids is 1. The number of aryl methyl sites for hydroxylation is 1. The predicted octanol–water partition coefficient (Wildman–Crippen LogP) is 5.68. The largest absolute Gasteiger partial charge is 0.345 e. The van der Waals surface area contributed by atoms with Gasteiger partial charge in [0.05, 0.1) is 11.8 Å². The number of carbonyl (C=O) groups is 1. The van der Waals surface area contributed by atoms with Crippen LogP contribution < -0.4 is 0 Å². The number of Topliss-reactive ketones (excluding diaryl/α,β-unsaturated/α-hetero) is 1. The van der Waals surface area contributed by atoms with Crippen LogP contribution in [0.3, 0.4) is 0 Å². The normalized spacial score (nSPS) is 17.8. The van der Waals surface area contributed by atoms with Crippen LogP contribution in [-0.4, -0.2) is 48.9 Å². The minimum atomic E-state index is -0.280. The fourth-order valence-corrected chi connectivity index (χ4v) is 5.95. The molecule has 0 bridgehead atoms. The summed E-state index contributed by atoms with van der Waals surface area (Å²) in [6.07, 6.45) is 6.02. The first-order valence-electron chi connectivity index (χ1n) is 12.2. The Labute approximate surface area is 204 Å². The highest BCUT2D eigenvalue weighted by molar-refractivity contribution is 7.99. The Kier molecular flexibility index (Phi) is 6.62. The van der Waals surface area contributed by atoms with Crippen LogP contribution in [0.2, 0.25) is 0 Å². The van der Waals surface area contributed by atoms with Crippen molar-refractivity contribution in [3.63, 3.8) is 0 Å². The second-order valence-corrected chi connectivity index (χ2v) is 10.5. The Morgan fingerprint density at radius 2 is 1.82 bits per heavy atom.